The summed E-state index contributed by atoms with van der Waals surface area (Å²) in [5.74, 6) is 0.293. The number of ketones is 1. The molecule has 3 aromatic rings. The van der Waals surface area contributed by atoms with Crippen LogP contribution in [0.5, 0.6) is 0 Å². The van der Waals surface area contributed by atoms with Crippen molar-refractivity contribution in [2.24, 2.45) is 0 Å². The number of nitro benzene ring substituents is 1. The van der Waals surface area contributed by atoms with E-state index in [1.807, 2.05) is 30.3 Å². The second kappa shape index (κ2) is 8.62. The van der Waals surface area contributed by atoms with E-state index >= 15 is 0 Å². The van der Waals surface area contributed by atoms with Crippen molar-refractivity contribution in [3.63, 3.8) is 0 Å². The summed E-state index contributed by atoms with van der Waals surface area (Å²) >= 11 is 0. The van der Waals surface area contributed by atoms with Crippen LogP contribution in [-0.2, 0) is 9.59 Å². The van der Waals surface area contributed by atoms with E-state index in [0.29, 0.717) is 34.6 Å². The molecule has 8 nitrogen and oxygen atoms in total. The van der Waals surface area contributed by atoms with E-state index < -0.39 is 11.0 Å². The van der Waals surface area contributed by atoms with Crippen LogP contribution < -0.4 is 10.2 Å². The van der Waals surface area contributed by atoms with Crippen LogP contribution in [-0.4, -0.2) is 16.6 Å². The maximum atomic E-state index is 13.7. The van der Waals surface area contributed by atoms with Gasteiger partial charge in [0.25, 0.3) is 5.69 Å². The van der Waals surface area contributed by atoms with Gasteiger partial charge in [0.05, 0.1) is 28.6 Å². The van der Waals surface area contributed by atoms with E-state index in [2.05, 4.69) is 5.32 Å². The van der Waals surface area contributed by atoms with Crippen molar-refractivity contribution in [2.75, 3.05) is 10.2 Å². The van der Waals surface area contributed by atoms with E-state index in [1.165, 1.54) is 12.1 Å². The van der Waals surface area contributed by atoms with Crippen LogP contribution in [0.4, 0.5) is 17.1 Å². The van der Waals surface area contributed by atoms with E-state index in [9.17, 15) is 19.7 Å². The zero-order valence-corrected chi connectivity index (χ0v) is 18.6. The smallest absolute Gasteiger partial charge is 0.269 e. The first-order valence-electron chi connectivity index (χ1n) is 11.2. The number of carbonyl (C=O) groups is 2. The molecule has 0 bridgehead atoms. The Morgan fingerprint density at radius 3 is 2.71 bits per heavy atom. The summed E-state index contributed by atoms with van der Waals surface area (Å²) in [6, 6.07) is 16.4. The van der Waals surface area contributed by atoms with Gasteiger partial charge in [-0.3, -0.25) is 24.6 Å². The number of fused-ring (bicyclic) bond motifs is 1. The zero-order valence-electron chi connectivity index (χ0n) is 18.6. The number of rotatable bonds is 4. The number of non-ortho nitro benzene ring substituents is 1. The highest BCUT2D eigenvalue weighted by molar-refractivity contribution is 6.06. The van der Waals surface area contributed by atoms with Crippen LogP contribution in [0.25, 0.3) is 0 Å². The number of anilines is 2. The number of hydrogen-bond acceptors (Lipinski definition) is 6. The number of Topliss-reactive ketones (excluding diaryl/α,β-unsaturated/α-hetero) is 1. The van der Waals surface area contributed by atoms with Crippen molar-refractivity contribution in [2.45, 2.75) is 38.1 Å². The summed E-state index contributed by atoms with van der Waals surface area (Å²) in [6.07, 6.45) is 2.55. The Bertz CT molecular complexity index is 1310. The highest BCUT2D eigenvalue weighted by Gasteiger charge is 2.42. The molecule has 1 aliphatic carbocycles. The minimum Gasteiger partial charge on any atom is -0.469 e. The number of amides is 1. The Labute approximate surface area is 196 Å². The van der Waals surface area contributed by atoms with Gasteiger partial charge in [0, 0.05) is 42.2 Å². The van der Waals surface area contributed by atoms with E-state index in [4.69, 9.17) is 4.42 Å². The number of carbonyl (C=O) groups excluding carboxylic acids is 2. The molecule has 0 radical (unpaired) electrons. The van der Waals surface area contributed by atoms with Gasteiger partial charge in [-0.15, -0.1) is 0 Å². The molecule has 2 aliphatic rings. The SMILES string of the molecule is CCC(=O)N1c2ccccc2NC2=C(C(=O)CC(c3ccco3)C2)C1c1cccc([N+](=O)[O-])c1. The molecule has 2 aromatic carbocycles. The highest BCUT2D eigenvalue weighted by Crippen LogP contribution is 2.47. The first-order chi connectivity index (χ1) is 16.5. The molecule has 1 N–H and O–H groups in total. The average Bonchev–Trinajstić information content (AvgIpc) is 3.33. The fourth-order valence-electron chi connectivity index (χ4n) is 4.88. The van der Waals surface area contributed by atoms with Gasteiger partial charge in [-0.05, 0) is 36.2 Å². The maximum Gasteiger partial charge on any atom is 0.269 e. The molecule has 34 heavy (non-hydrogen) atoms. The lowest BCUT2D eigenvalue weighted by atomic mass is 9.80. The van der Waals surface area contributed by atoms with Crippen LogP contribution in [0.2, 0.25) is 0 Å². The molecule has 5 rings (SSSR count). The zero-order chi connectivity index (χ0) is 23.8. The molecule has 2 atom stereocenters. The van der Waals surface area contributed by atoms with Gasteiger partial charge in [-0.25, -0.2) is 0 Å². The molecule has 2 unspecified atom stereocenters. The first-order valence-corrected chi connectivity index (χ1v) is 11.2. The van der Waals surface area contributed by atoms with Crippen molar-refractivity contribution >= 4 is 28.8 Å². The van der Waals surface area contributed by atoms with Crippen LogP contribution >= 0.6 is 0 Å². The van der Waals surface area contributed by atoms with Crippen molar-refractivity contribution in [3.8, 4) is 0 Å². The molecule has 0 fully saturated rings. The largest absolute Gasteiger partial charge is 0.469 e. The standard InChI is InChI=1S/C26H23N3O5/c1-2-24(31)28-21-10-4-3-9-19(21)27-20-14-17(23-11-6-12-34-23)15-22(30)25(20)26(28)16-7-5-8-18(13-16)29(32)33/h3-13,17,26-27H,2,14-15H2,1H3. The van der Waals surface area contributed by atoms with Crippen LogP contribution in [0.1, 0.15) is 49.5 Å². The predicted molar refractivity (Wildman–Crippen MR) is 126 cm³/mol. The molecule has 172 valence electrons. The molecule has 1 aromatic heterocycles. The van der Waals surface area contributed by atoms with Crippen LogP contribution in [0.3, 0.4) is 0 Å². The van der Waals surface area contributed by atoms with E-state index in [-0.39, 0.29) is 36.1 Å². The first kappa shape index (κ1) is 21.6. The lowest BCUT2D eigenvalue weighted by molar-refractivity contribution is -0.384. The lowest BCUT2D eigenvalue weighted by Gasteiger charge is -2.34. The van der Waals surface area contributed by atoms with Crippen molar-refractivity contribution < 1.29 is 18.9 Å². The van der Waals surface area contributed by atoms with Crippen molar-refractivity contribution in [3.05, 3.63) is 99.6 Å². The van der Waals surface area contributed by atoms with Gasteiger partial charge < -0.3 is 9.73 Å². The van der Waals surface area contributed by atoms with E-state index in [0.717, 1.165) is 5.76 Å². The van der Waals surface area contributed by atoms with Gasteiger partial charge in [-0.2, -0.15) is 0 Å². The van der Waals surface area contributed by atoms with E-state index in [1.54, 1.807) is 36.3 Å². The van der Waals surface area contributed by atoms with Gasteiger partial charge in [0.2, 0.25) is 5.91 Å². The number of para-hydroxylation sites is 2. The maximum absolute atomic E-state index is 13.7. The predicted octanol–water partition coefficient (Wildman–Crippen LogP) is 5.50. The fraction of sp³-hybridized carbons (Fsp3) is 0.231. The quantitative estimate of drug-likeness (QED) is 0.410. The Morgan fingerprint density at radius 1 is 1.15 bits per heavy atom. The van der Waals surface area contributed by atoms with Gasteiger partial charge in [-0.1, -0.05) is 31.2 Å². The Hall–Kier alpha value is -4.20. The number of nitro groups is 1. The molecule has 1 amide bonds. The van der Waals surface area contributed by atoms with Gasteiger partial charge >= 0.3 is 0 Å². The van der Waals surface area contributed by atoms with Gasteiger partial charge in [0.15, 0.2) is 5.78 Å². The Morgan fingerprint density at radius 2 is 1.97 bits per heavy atom. The molecule has 1 aliphatic heterocycles. The monoisotopic (exact) mass is 457 g/mol. The third kappa shape index (κ3) is 3.67. The number of allylic oxidation sites excluding steroid dienone is 1. The molecular formula is C26H23N3O5. The summed E-state index contributed by atoms with van der Waals surface area (Å²) in [6.45, 7) is 1.76. The fourth-order valence-corrected chi connectivity index (χ4v) is 4.88. The normalized spacial score (nSPS) is 19.7. The minimum absolute atomic E-state index is 0.0919. The third-order valence-electron chi connectivity index (χ3n) is 6.40. The summed E-state index contributed by atoms with van der Waals surface area (Å²) in [5, 5.41) is 14.9. The average molecular weight is 457 g/mol. The number of furan rings is 1. The summed E-state index contributed by atoms with van der Waals surface area (Å²) < 4.78 is 5.59. The highest BCUT2D eigenvalue weighted by atomic mass is 16.6. The molecule has 0 saturated heterocycles. The topological polar surface area (TPSA) is 106 Å². The number of nitrogens with zero attached hydrogens (tertiary/aromatic N) is 2. The van der Waals surface area contributed by atoms with Crippen molar-refractivity contribution in [1.82, 2.24) is 0 Å². The lowest BCUT2D eigenvalue weighted by Crippen LogP contribution is -2.38. The summed E-state index contributed by atoms with van der Waals surface area (Å²) in [7, 11) is 0. The molecular weight excluding hydrogens is 434 g/mol. The molecule has 2 heterocycles. The molecule has 8 heteroatoms. The number of hydrogen-bond donors (Lipinski definition) is 1. The number of nitrogens with one attached hydrogen (secondary N) is 1. The second-order valence-corrected chi connectivity index (χ2v) is 8.45. The Kier molecular flexibility index (Phi) is 5.49. The third-order valence-corrected chi connectivity index (χ3v) is 6.40. The van der Waals surface area contributed by atoms with Crippen LogP contribution in [0.15, 0.2) is 82.6 Å². The second-order valence-electron chi connectivity index (χ2n) is 8.45. The summed E-state index contributed by atoms with van der Waals surface area (Å²) in [4.78, 5) is 39.7. The summed E-state index contributed by atoms with van der Waals surface area (Å²) in [5.41, 5.74) is 2.92. The Balaban J connectivity index is 1.74. The minimum atomic E-state index is -0.788. The molecule has 0 saturated carbocycles. The van der Waals surface area contributed by atoms with Crippen LogP contribution in [0, 0.1) is 10.1 Å². The van der Waals surface area contributed by atoms with Crippen molar-refractivity contribution in [1.29, 1.82) is 0 Å². The molecule has 0 spiro atoms. The number of benzene rings is 2. The van der Waals surface area contributed by atoms with Gasteiger partial charge in [0.1, 0.15) is 5.76 Å².